The lowest BCUT2D eigenvalue weighted by molar-refractivity contribution is -0.139. The first-order valence-corrected chi connectivity index (χ1v) is 5.24. The van der Waals surface area contributed by atoms with Crippen LogP contribution >= 0.6 is 0 Å². The van der Waals surface area contributed by atoms with Gasteiger partial charge in [0, 0.05) is 19.6 Å². The van der Waals surface area contributed by atoms with Crippen molar-refractivity contribution in [3.63, 3.8) is 0 Å². The van der Waals surface area contributed by atoms with E-state index in [1.54, 1.807) is 0 Å². The third-order valence-corrected chi connectivity index (χ3v) is 1.92. The summed E-state index contributed by atoms with van der Waals surface area (Å²) in [5.41, 5.74) is 1.18. The molecule has 0 rings (SSSR count). The fourth-order valence-electron chi connectivity index (χ4n) is 1.19. The van der Waals surface area contributed by atoms with Gasteiger partial charge in [-0.2, -0.15) is 0 Å². The second-order valence-electron chi connectivity index (χ2n) is 3.11. The van der Waals surface area contributed by atoms with Crippen LogP contribution in [0.2, 0.25) is 0 Å². The molecule has 0 fully saturated rings. The smallest absolute Gasteiger partial charge is 0.157 e. The van der Waals surface area contributed by atoms with Crippen molar-refractivity contribution >= 4 is 0 Å². The Kier molecular flexibility index (Phi) is 8.94. The predicted octanol–water partition coefficient (Wildman–Crippen LogP) is 2.10. The lowest BCUT2D eigenvalue weighted by Gasteiger charge is -2.16. The summed E-state index contributed by atoms with van der Waals surface area (Å²) < 4.78 is 10.8. The van der Waals surface area contributed by atoms with E-state index >= 15 is 0 Å². The van der Waals surface area contributed by atoms with Gasteiger partial charge >= 0.3 is 0 Å². The van der Waals surface area contributed by atoms with Gasteiger partial charge in [-0.15, -0.1) is 0 Å². The Balaban J connectivity index is 3.74. The SMILES string of the molecule is CCOC(CC/C(C)=C/CO)OCC. The minimum absolute atomic E-state index is 0.105. The average molecular weight is 202 g/mol. The van der Waals surface area contributed by atoms with Gasteiger partial charge in [-0.05, 0) is 27.2 Å². The minimum atomic E-state index is -0.105. The highest BCUT2D eigenvalue weighted by molar-refractivity contribution is 4.97. The van der Waals surface area contributed by atoms with Gasteiger partial charge in [0.1, 0.15) is 0 Å². The molecule has 0 atom stereocenters. The zero-order chi connectivity index (χ0) is 10.8. The van der Waals surface area contributed by atoms with E-state index in [0.717, 1.165) is 12.8 Å². The molecular formula is C11H22O3. The first-order chi connectivity index (χ1) is 6.74. The molecule has 3 heteroatoms. The first-order valence-electron chi connectivity index (χ1n) is 5.24. The van der Waals surface area contributed by atoms with Crippen molar-refractivity contribution in [2.75, 3.05) is 19.8 Å². The van der Waals surface area contributed by atoms with Crippen LogP contribution in [0, 0.1) is 0 Å². The van der Waals surface area contributed by atoms with Crippen molar-refractivity contribution < 1.29 is 14.6 Å². The lowest BCUT2D eigenvalue weighted by Crippen LogP contribution is -2.17. The molecule has 0 unspecified atom stereocenters. The number of aliphatic hydroxyl groups is 1. The highest BCUT2D eigenvalue weighted by atomic mass is 16.7. The molecule has 1 N–H and O–H groups in total. The van der Waals surface area contributed by atoms with Gasteiger partial charge in [0.2, 0.25) is 0 Å². The molecular weight excluding hydrogens is 180 g/mol. The van der Waals surface area contributed by atoms with Crippen LogP contribution in [0.3, 0.4) is 0 Å². The molecule has 0 aliphatic carbocycles. The topological polar surface area (TPSA) is 38.7 Å². The van der Waals surface area contributed by atoms with Crippen LogP contribution in [-0.2, 0) is 9.47 Å². The van der Waals surface area contributed by atoms with Crippen LogP contribution in [0.15, 0.2) is 11.6 Å². The molecule has 3 nitrogen and oxygen atoms in total. The molecule has 14 heavy (non-hydrogen) atoms. The van der Waals surface area contributed by atoms with E-state index in [4.69, 9.17) is 14.6 Å². The quantitative estimate of drug-likeness (QED) is 0.484. The third-order valence-electron chi connectivity index (χ3n) is 1.92. The Morgan fingerprint density at radius 1 is 1.29 bits per heavy atom. The summed E-state index contributed by atoms with van der Waals surface area (Å²) in [5, 5.41) is 8.67. The number of hydrogen-bond donors (Lipinski definition) is 1. The van der Waals surface area contributed by atoms with E-state index in [-0.39, 0.29) is 12.9 Å². The monoisotopic (exact) mass is 202 g/mol. The maximum atomic E-state index is 8.67. The summed E-state index contributed by atoms with van der Waals surface area (Å²) in [7, 11) is 0. The molecule has 0 aliphatic heterocycles. The van der Waals surface area contributed by atoms with E-state index in [0.29, 0.717) is 13.2 Å². The van der Waals surface area contributed by atoms with Gasteiger partial charge in [0.15, 0.2) is 6.29 Å². The summed E-state index contributed by atoms with van der Waals surface area (Å²) in [5.74, 6) is 0. The van der Waals surface area contributed by atoms with Gasteiger partial charge in [-0.3, -0.25) is 0 Å². The van der Waals surface area contributed by atoms with Crippen LogP contribution in [-0.4, -0.2) is 31.2 Å². The normalized spacial score (nSPS) is 12.5. The Morgan fingerprint density at radius 2 is 1.86 bits per heavy atom. The highest BCUT2D eigenvalue weighted by Crippen LogP contribution is 2.10. The van der Waals surface area contributed by atoms with E-state index in [1.807, 2.05) is 26.8 Å². The summed E-state index contributed by atoms with van der Waals surface area (Å²) in [6.45, 7) is 7.39. The Bertz CT molecular complexity index is 149. The molecule has 84 valence electrons. The zero-order valence-electron chi connectivity index (χ0n) is 9.45. The van der Waals surface area contributed by atoms with Gasteiger partial charge in [-0.25, -0.2) is 0 Å². The molecule has 0 saturated heterocycles. The number of hydrogen-bond acceptors (Lipinski definition) is 3. The molecule has 0 aromatic rings. The lowest BCUT2D eigenvalue weighted by atomic mass is 10.1. The molecule has 0 radical (unpaired) electrons. The van der Waals surface area contributed by atoms with Gasteiger partial charge in [-0.1, -0.05) is 11.6 Å². The standard InChI is InChI=1S/C11H22O3/c1-4-13-11(14-5-2)7-6-10(3)8-9-12/h8,11-12H,4-7,9H2,1-3H3/b10-8+. The predicted molar refractivity (Wildman–Crippen MR) is 57.1 cm³/mol. The third kappa shape index (κ3) is 7.06. The zero-order valence-corrected chi connectivity index (χ0v) is 9.45. The maximum absolute atomic E-state index is 8.67. The largest absolute Gasteiger partial charge is 0.392 e. The van der Waals surface area contributed by atoms with Crippen molar-refractivity contribution in [3.8, 4) is 0 Å². The number of ether oxygens (including phenoxy) is 2. The van der Waals surface area contributed by atoms with Crippen molar-refractivity contribution in [2.45, 2.75) is 39.9 Å². The molecule has 0 spiro atoms. The number of aliphatic hydroxyl groups excluding tert-OH is 1. The van der Waals surface area contributed by atoms with Crippen LogP contribution < -0.4 is 0 Å². The Labute approximate surface area is 86.7 Å². The number of rotatable bonds is 8. The van der Waals surface area contributed by atoms with Crippen molar-refractivity contribution in [1.29, 1.82) is 0 Å². The summed E-state index contributed by atoms with van der Waals surface area (Å²) in [6, 6.07) is 0. The summed E-state index contributed by atoms with van der Waals surface area (Å²) in [6.07, 6.45) is 3.47. The maximum Gasteiger partial charge on any atom is 0.157 e. The molecule has 0 bridgehead atoms. The van der Waals surface area contributed by atoms with Crippen LogP contribution in [0.25, 0.3) is 0 Å². The average Bonchev–Trinajstić information content (AvgIpc) is 2.15. The van der Waals surface area contributed by atoms with Crippen LogP contribution in [0.1, 0.15) is 33.6 Å². The van der Waals surface area contributed by atoms with Crippen molar-refractivity contribution in [1.82, 2.24) is 0 Å². The molecule has 0 saturated carbocycles. The molecule has 0 heterocycles. The fourth-order valence-corrected chi connectivity index (χ4v) is 1.19. The minimum Gasteiger partial charge on any atom is -0.392 e. The second kappa shape index (κ2) is 9.19. The first kappa shape index (κ1) is 13.6. The van der Waals surface area contributed by atoms with Gasteiger partial charge < -0.3 is 14.6 Å². The molecule has 0 aliphatic rings. The summed E-state index contributed by atoms with van der Waals surface area (Å²) >= 11 is 0. The van der Waals surface area contributed by atoms with Crippen LogP contribution in [0.4, 0.5) is 0 Å². The second-order valence-corrected chi connectivity index (χ2v) is 3.11. The Morgan fingerprint density at radius 3 is 2.29 bits per heavy atom. The molecule has 0 amide bonds. The van der Waals surface area contributed by atoms with Gasteiger partial charge in [0.05, 0.1) is 6.61 Å². The van der Waals surface area contributed by atoms with E-state index in [9.17, 15) is 0 Å². The van der Waals surface area contributed by atoms with E-state index in [2.05, 4.69) is 0 Å². The molecule has 0 aromatic heterocycles. The van der Waals surface area contributed by atoms with Crippen molar-refractivity contribution in [3.05, 3.63) is 11.6 Å². The number of allylic oxidation sites excluding steroid dienone is 1. The van der Waals surface area contributed by atoms with E-state index in [1.165, 1.54) is 5.57 Å². The molecule has 0 aromatic carbocycles. The fraction of sp³-hybridized carbons (Fsp3) is 0.818. The van der Waals surface area contributed by atoms with Crippen molar-refractivity contribution in [2.24, 2.45) is 0 Å². The Hall–Kier alpha value is -0.380. The van der Waals surface area contributed by atoms with Gasteiger partial charge in [0.25, 0.3) is 0 Å². The van der Waals surface area contributed by atoms with Crippen LogP contribution in [0.5, 0.6) is 0 Å². The summed E-state index contributed by atoms with van der Waals surface area (Å²) in [4.78, 5) is 0. The highest BCUT2D eigenvalue weighted by Gasteiger charge is 2.07. The van der Waals surface area contributed by atoms with E-state index < -0.39 is 0 Å².